The number of carbonyl (C=O) groups is 3. The molecule has 6 N–H and O–H groups in total. The maximum absolute atomic E-state index is 10.3. The topological polar surface area (TPSA) is 173 Å². The lowest BCUT2D eigenvalue weighted by atomic mass is 9.92. The summed E-state index contributed by atoms with van der Waals surface area (Å²) < 4.78 is 0. The average molecular weight is 986 g/mol. The normalized spacial score (nSPS) is 10.9. The van der Waals surface area contributed by atoms with E-state index in [0.29, 0.717) is 19.3 Å². The van der Waals surface area contributed by atoms with Crippen molar-refractivity contribution < 1.29 is 45.0 Å². The predicted octanol–water partition coefficient (Wildman–Crippen LogP) is 18.1. The van der Waals surface area contributed by atoms with Gasteiger partial charge in [-0.3, -0.25) is 14.4 Å². The van der Waals surface area contributed by atoms with E-state index < -0.39 is 23.3 Å². The van der Waals surface area contributed by atoms with Gasteiger partial charge in [0.2, 0.25) is 0 Å². The van der Waals surface area contributed by atoms with Gasteiger partial charge in [0.15, 0.2) is 0 Å². The Morgan fingerprint density at radius 1 is 0.290 bits per heavy atom. The number of hydrogen-bond acceptors (Lipinski definition) is 6. The fraction of sp³-hybridized carbons (Fsp3) is 0.917. The number of aliphatic hydroxyl groups is 3. The predicted molar refractivity (Wildman–Crippen MR) is 295 cm³/mol. The van der Waals surface area contributed by atoms with Crippen molar-refractivity contribution in [3.8, 4) is 0 Å². The summed E-state index contributed by atoms with van der Waals surface area (Å²) in [5, 5.41) is 51.3. The Kier molecular flexibility index (Phi) is 70.4. The van der Waals surface area contributed by atoms with Crippen molar-refractivity contribution in [1.29, 1.82) is 0 Å². The van der Waals surface area contributed by atoms with E-state index >= 15 is 0 Å². The van der Waals surface area contributed by atoms with E-state index in [1.54, 1.807) is 0 Å². The fourth-order valence-corrected chi connectivity index (χ4v) is 8.29. The number of aliphatic carboxylic acids is 3. The highest BCUT2D eigenvalue weighted by molar-refractivity contribution is 5.67. The third-order valence-electron chi connectivity index (χ3n) is 13.4. The van der Waals surface area contributed by atoms with Gasteiger partial charge in [0.25, 0.3) is 0 Å². The van der Waals surface area contributed by atoms with Crippen LogP contribution in [0.1, 0.15) is 329 Å². The first-order valence-electron chi connectivity index (χ1n) is 29.7. The third-order valence-corrected chi connectivity index (χ3v) is 13.4. The molecule has 414 valence electrons. The van der Waals surface area contributed by atoms with Crippen LogP contribution >= 0.6 is 0 Å². The molecule has 0 saturated carbocycles. The molecule has 0 aromatic rings. The van der Waals surface area contributed by atoms with Gasteiger partial charge in [-0.1, -0.05) is 297 Å². The van der Waals surface area contributed by atoms with Gasteiger partial charge in [-0.15, -0.1) is 6.58 Å². The van der Waals surface area contributed by atoms with Crippen molar-refractivity contribution in [3.63, 3.8) is 0 Å². The quantitative estimate of drug-likeness (QED) is 0.0256. The van der Waals surface area contributed by atoms with E-state index in [1.165, 1.54) is 256 Å². The SMILES string of the molecule is C=CC(CO)(CO)CO.CCCCCCCCCCCCCCCCCC(=O)O.CCCCCCCCCCCCCCCCCC(=O)O.CCCCCCCCCCCCCCCCCC(=O)O. The summed E-state index contributed by atoms with van der Waals surface area (Å²) in [6.07, 6.45) is 62.0. The number of rotatable bonds is 52. The van der Waals surface area contributed by atoms with Crippen molar-refractivity contribution in [3.05, 3.63) is 12.7 Å². The second kappa shape index (κ2) is 66.0. The van der Waals surface area contributed by atoms with Crippen LogP contribution in [0.15, 0.2) is 12.7 Å². The van der Waals surface area contributed by atoms with E-state index in [0.717, 1.165) is 38.5 Å². The van der Waals surface area contributed by atoms with E-state index in [2.05, 4.69) is 27.4 Å². The first-order valence-corrected chi connectivity index (χ1v) is 29.7. The van der Waals surface area contributed by atoms with E-state index in [4.69, 9.17) is 30.6 Å². The van der Waals surface area contributed by atoms with Gasteiger partial charge in [0.1, 0.15) is 0 Å². The maximum atomic E-state index is 10.3. The van der Waals surface area contributed by atoms with Gasteiger partial charge < -0.3 is 30.6 Å². The molecule has 0 aliphatic rings. The van der Waals surface area contributed by atoms with E-state index in [9.17, 15) is 14.4 Å². The molecule has 0 spiro atoms. The van der Waals surface area contributed by atoms with E-state index in [1.807, 2.05) is 0 Å². The molecule has 0 aromatic carbocycles. The van der Waals surface area contributed by atoms with Crippen molar-refractivity contribution in [2.24, 2.45) is 5.41 Å². The zero-order valence-electron chi connectivity index (χ0n) is 46.3. The van der Waals surface area contributed by atoms with Crippen molar-refractivity contribution >= 4 is 17.9 Å². The van der Waals surface area contributed by atoms with Crippen LogP contribution in [0.3, 0.4) is 0 Å². The molecule has 0 atom stereocenters. The highest BCUT2D eigenvalue weighted by Gasteiger charge is 2.23. The lowest BCUT2D eigenvalue weighted by Gasteiger charge is -2.21. The highest BCUT2D eigenvalue weighted by atomic mass is 16.4. The lowest BCUT2D eigenvalue weighted by molar-refractivity contribution is -0.138. The molecule has 0 amide bonds. The first-order chi connectivity index (χ1) is 33.6. The molecular weight excluding hydrogens is 865 g/mol. The number of unbranched alkanes of at least 4 members (excludes halogenated alkanes) is 42. The second-order valence-electron chi connectivity index (χ2n) is 20.3. The molecule has 69 heavy (non-hydrogen) atoms. The monoisotopic (exact) mass is 985 g/mol. The summed E-state index contributed by atoms with van der Waals surface area (Å²) in [5.74, 6) is -1.96. The van der Waals surface area contributed by atoms with Crippen molar-refractivity contribution in [2.45, 2.75) is 329 Å². The molecule has 0 saturated heterocycles. The smallest absolute Gasteiger partial charge is 0.303 e. The number of carboxylic acid groups (broad SMARTS) is 3. The van der Waals surface area contributed by atoms with Crippen LogP contribution in [-0.2, 0) is 14.4 Å². The Hall–Kier alpha value is -1.97. The van der Waals surface area contributed by atoms with Crippen LogP contribution in [0, 0.1) is 5.41 Å². The Morgan fingerprint density at radius 2 is 0.420 bits per heavy atom. The highest BCUT2D eigenvalue weighted by Crippen LogP contribution is 2.17. The summed E-state index contributed by atoms with van der Waals surface area (Å²) in [6, 6.07) is 0. The molecule has 0 aromatic heterocycles. The molecule has 0 rings (SSSR count). The minimum Gasteiger partial charge on any atom is -0.481 e. The molecule has 9 heteroatoms. The Labute approximate surface area is 428 Å². The van der Waals surface area contributed by atoms with Crippen LogP contribution in [0.4, 0.5) is 0 Å². The van der Waals surface area contributed by atoms with Gasteiger partial charge >= 0.3 is 17.9 Å². The molecule has 0 aliphatic heterocycles. The number of aliphatic hydroxyl groups excluding tert-OH is 3. The molecule has 0 aliphatic carbocycles. The average Bonchev–Trinajstić information content (AvgIpc) is 3.34. The van der Waals surface area contributed by atoms with E-state index in [-0.39, 0.29) is 19.8 Å². The number of hydrogen-bond donors (Lipinski definition) is 6. The summed E-state index contributed by atoms with van der Waals surface area (Å²) in [6.45, 7) is 9.35. The Morgan fingerprint density at radius 3 is 0.507 bits per heavy atom. The minimum absolute atomic E-state index is 0.274. The third kappa shape index (κ3) is 72.7. The minimum atomic E-state index is -0.903. The van der Waals surface area contributed by atoms with Crippen LogP contribution in [0.25, 0.3) is 0 Å². The molecule has 0 unspecified atom stereocenters. The molecular formula is C60H120O9. The molecule has 0 heterocycles. The van der Waals surface area contributed by atoms with Gasteiger partial charge in [0.05, 0.1) is 25.2 Å². The fourth-order valence-electron chi connectivity index (χ4n) is 8.29. The zero-order valence-corrected chi connectivity index (χ0v) is 46.3. The van der Waals surface area contributed by atoms with Crippen LogP contribution in [0.5, 0.6) is 0 Å². The van der Waals surface area contributed by atoms with Crippen LogP contribution < -0.4 is 0 Å². The van der Waals surface area contributed by atoms with Crippen molar-refractivity contribution in [2.75, 3.05) is 19.8 Å². The summed E-state index contributed by atoms with van der Waals surface area (Å²) in [5.41, 5.74) is -0.903. The van der Waals surface area contributed by atoms with Gasteiger partial charge in [-0.05, 0) is 19.3 Å². The van der Waals surface area contributed by atoms with Crippen LogP contribution in [0.2, 0.25) is 0 Å². The Balaban J connectivity index is -0.000000421. The molecule has 0 bridgehead atoms. The summed E-state index contributed by atoms with van der Waals surface area (Å²) in [4.78, 5) is 31.0. The van der Waals surface area contributed by atoms with Gasteiger partial charge in [0, 0.05) is 19.3 Å². The Bertz CT molecular complexity index is 886. The lowest BCUT2D eigenvalue weighted by Crippen LogP contribution is -2.31. The zero-order chi connectivity index (χ0) is 52.0. The van der Waals surface area contributed by atoms with Crippen LogP contribution in [-0.4, -0.2) is 68.4 Å². The van der Waals surface area contributed by atoms with Crippen molar-refractivity contribution in [1.82, 2.24) is 0 Å². The second-order valence-corrected chi connectivity index (χ2v) is 20.3. The number of carboxylic acids is 3. The molecule has 0 fully saturated rings. The van der Waals surface area contributed by atoms with Gasteiger partial charge in [-0.2, -0.15) is 0 Å². The first kappa shape index (κ1) is 73.6. The summed E-state index contributed by atoms with van der Waals surface area (Å²) >= 11 is 0. The van der Waals surface area contributed by atoms with Gasteiger partial charge in [-0.25, -0.2) is 0 Å². The standard InChI is InChI=1S/3C18H36O2.C6H12O3/c3*1-2-3-4-5-6-7-8-9-10-11-12-13-14-15-16-17-18(19)20;1-2-6(3-7,4-8)5-9/h3*2-17H2,1H3,(H,19,20);2,7-9H,1,3-5H2. The maximum Gasteiger partial charge on any atom is 0.303 e. The molecule has 0 radical (unpaired) electrons. The molecule has 9 nitrogen and oxygen atoms in total. The summed E-state index contributed by atoms with van der Waals surface area (Å²) in [7, 11) is 0. The largest absolute Gasteiger partial charge is 0.481 e.